The van der Waals surface area contributed by atoms with Gasteiger partial charge in [0.2, 0.25) is 0 Å². The highest BCUT2D eigenvalue weighted by Gasteiger charge is 2.23. The summed E-state index contributed by atoms with van der Waals surface area (Å²) >= 11 is 0. The molecule has 1 atom stereocenters. The van der Waals surface area contributed by atoms with Crippen LogP contribution >= 0.6 is 0 Å². The summed E-state index contributed by atoms with van der Waals surface area (Å²) in [5.41, 5.74) is 3.12. The van der Waals surface area contributed by atoms with Crippen molar-refractivity contribution in [1.82, 2.24) is 0 Å². The molecule has 1 aliphatic rings. The van der Waals surface area contributed by atoms with Gasteiger partial charge in [-0.2, -0.15) is 0 Å². The molecule has 0 saturated carbocycles. The molecule has 3 aromatic rings. The summed E-state index contributed by atoms with van der Waals surface area (Å²) in [6, 6.07) is 17.8. The van der Waals surface area contributed by atoms with Gasteiger partial charge in [-0.3, -0.25) is 0 Å². The van der Waals surface area contributed by atoms with Crippen molar-refractivity contribution < 1.29 is 0 Å². The zero-order valence-corrected chi connectivity index (χ0v) is 9.90. The highest BCUT2D eigenvalue weighted by atomic mass is 14.3. The van der Waals surface area contributed by atoms with Crippen LogP contribution in [0.4, 0.5) is 0 Å². The third-order valence-corrected chi connectivity index (χ3v) is 4.12. The second kappa shape index (κ2) is 3.10. The van der Waals surface area contributed by atoms with E-state index >= 15 is 0 Å². The van der Waals surface area contributed by atoms with Gasteiger partial charge in [0, 0.05) is 0 Å². The van der Waals surface area contributed by atoms with Gasteiger partial charge >= 0.3 is 0 Å². The fraction of sp³-hybridized carbons (Fsp3) is 0.176. The molecule has 0 saturated heterocycles. The monoisotopic (exact) mass is 218 g/mol. The first kappa shape index (κ1) is 9.23. The lowest BCUT2D eigenvalue weighted by molar-refractivity contribution is 0.675. The standard InChI is InChI=1S/C17H14/c1-11-10-17-13(11)8-9-15-14-5-3-2-4-12(14)6-7-16(15)17/h2-9,11H,10H2,1H3. The number of hydrogen-bond donors (Lipinski definition) is 0. The maximum atomic E-state index is 2.32. The first-order valence-electron chi connectivity index (χ1n) is 6.28. The summed E-state index contributed by atoms with van der Waals surface area (Å²) in [6.45, 7) is 2.31. The summed E-state index contributed by atoms with van der Waals surface area (Å²) in [5, 5.41) is 5.59. The van der Waals surface area contributed by atoms with Gasteiger partial charge in [0.15, 0.2) is 0 Å². The summed E-state index contributed by atoms with van der Waals surface area (Å²) in [7, 11) is 0. The Balaban J connectivity index is 2.19. The molecule has 0 N–H and O–H groups in total. The Morgan fingerprint density at radius 1 is 0.824 bits per heavy atom. The van der Waals surface area contributed by atoms with E-state index in [1.807, 2.05) is 0 Å². The highest BCUT2D eigenvalue weighted by Crippen LogP contribution is 2.41. The van der Waals surface area contributed by atoms with Crippen molar-refractivity contribution in [3.05, 3.63) is 59.7 Å². The van der Waals surface area contributed by atoms with Crippen molar-refractivity contribution in [2.24, 2.45) is 0 Å². The quantitative estimate of drug-likeness (QED) is 0.482. The molecule has 0 nitrogen and oxygen atoms in total. The predicted octanol–water partition coefficient (Wildman–Crippen LogP) is 4.65. The highest BCUT2D eigenvalue weighted by molar-refractivity contribution is 6.09. The lowest BCUT2D eigenvalue weighted by Crippen LogP contribution is -2.14. The maximum absolute atomic E-state index is 2.32. The summed E-state index contributed by atoms with van der Waals surface area (Å²) in [4.78, 5) is 0. The Kier molecular flexibility index (Phi) is 1.69. The summed E-state index contributed by atoms with van der Waals surface area (Å²) in [6.07, 6.45) is 1.24. The second-order valence-corrected chi connectivity index (χ2v) is 5.12. The van der Waals surface area contributed by atoms with Crippen molar-refractivity contribution in [3.8, 4) is 0 Å². The van der Waals surface area contributed by atoms with Gasteiger partial charge in [0.05, 0.1) is 0 Å². The van der Waals surface area contributed by atoms with E-state index in [4.69, 9.17) is 0 Å². The van der Waals surface area contributed by atoms with Crippen LogP contribution in [0.1, 0.15) is 24.0 Å². The number of hydrogen-bond acceptors (Lipinski definition) is 0. The normalized spacial score (nSPS) is 18.1. The molecule has 0 amide bonds. The zero-order valence-electron chi connectivity index (χ0n) is 9.90. The fourth-order valence-corrected chi connectivity index (χ4v) is 3.14. The molecule has 3 aromatic carbocycles. The smallest absolute Gasteiger partial charge is 0.0102 e. The van der Waals surface area contributed by atoms with Crippen molar-refractivity contribution in [2.45, 2.75) is 19.3 Å². The van der Waals surface area contributed by atoms with Crippen LogP contribution in [0.25, 0.3) is 21.5 Å². The number of benzene rings is 3. The molecule has 0 heteroatoms. The summed E-state index contributed by atoms with van der Waals surface area (Å²) in [5.74, 6) is 0.751. The number of rotatable bonds is 0. The van der Waals surface area contributed by atoms with Crippen LogP contribution in [0.3, 0.4) is 0 Å². The first-order chi connectivity index (χ1) is 8.34. The Hall–Kier alpha value is -1.82. The minimum absolute atomic E-state index is 0.751. The maximum Gasteiger partial charge on any atom is -0.0102 e. The Bertz CT molecular complexity index is 737. The molecule has 0 fully saturated rings. The zero-order chi connectivity index (χ0) is 11.4. The van der Waals surface area contributed by atoms with Crippen LogP contribution in [0.5, 0.6) is 0 Å². The van der Waals surface area contributed by atoms with E-state index in [1.165, 1.54) is 28.0 Å². The lowest BCUT2D eigenvalue weighted by atomic mass is 9.76. The van der Waals surface area contributed by atoms with Gasteiger partial charge < -0.3 is 0 Å². The molecular weight excluding hydrogens is 204 g/mol. The van der Waals surface area contributed by atoms with Crippen LogP contribution in [0.2, 0.25) is 0 Å². The topological polar surface area (TPSA) is 0 Å². The van der Waals surface area contributed by atoms with Crippen LogP contribution < -0.4 is 0 Å². The third-order valence-electron chi connectivity index (χ3n) is 4.12. The predicted molar refractivity (Wildman–Crippen MR) is 73.6 cm³/mol. The molecule has 17 heavy (non-hydrogen) atoms. The summed E-state index contributed by atoms with van der Waals surface area (Å²) < 4.78 is 0. The number of fused-ring (bicyclic) bond motifs is 5. The third kappa shape index (κ3) is 1.13. The molecule has 0 heterocycles. The molecular formula is C17H14. The molecule has 82 valence electrons. The Labute approximate surface area is 101 Å². The molecule has 0 bridgehead atoms. The van der Waals surface area contributed by atoms with E-state index in [0.29, 0.717) is 0 Å². The van der Waals surface area contributed by atoms with Crippen molar-refractivity contribution in [3.63, 3.8) is 0 Å². The van der Waals surface area contributed by atoms with E-state index in [1.54, 1.807) is 11.1 Å². The molecule has 0 aliphatic heterocycles. The minimum atomic E-state index is 0.751. The van der Waals surface area contributed by atoms with Gasteiger partial charge in [-0.15, -0.1) is 0 Å². The minimum Gasteiger partial charge on any atom is -0.0616 e. The van der Waals surface area contributed by atoms with Gasteiger partial charge in [-0.1, -0.05) is 55.5 Å². The van der Waals surface area contributed by atoms with Crippen molar-refractivity contribution in [2.75, 3.05) is 0 Å². The SMILES string of the molecule is CC1Cc2c1ccc1c2ccc2ccccc21. The lowest BCUT2D eigenvalue weighted by Gasteiger charge is -2.28. The molecule has 4 rings (SSSR count). The molecule has 0 radical (unpaired) electrons. The average Bonchev–Trinajstić information content (AvgIpc) is 2.37. The second-order valence-electron chi connectivity index (χ2n) is 5.12. The van der Waals surface area contributed by atoms with Gasteiger partial charge in [0.1, 0.15) is 0 Å². The fourth-order valence-electron chi connectivity index (χ4n) is 3.14. The van der Waals surface area contributed by atoms with Crippen molar-refractivity contribution >= 4 is 21.5 Å². The van der Waals surface area contributed by atoms with E-state index in [9.17, 15) is 0 Å². The van der Waals surface area contributed by atoms with Gasteiger partial charge in [-0.25, -0.2) is 0 Å². The molecule has 0 aromatic heterocycles. The van der Waals surface area contributed by atoms with Crippen LogP contribution in [0.15, 0.2) is 48.5 Å². The Morgan fingerprint density at radius 2 is 1.65 bits per heavy atom. The van der Waals surface area contributed by atoms with Crippen LogP contribution in [-0.2, 0) is 6.42 Å². The molecule has 0 spiro atoms. The average molecular weight is 218 g/mol. The molecule has 1 unspecified atom stereocenters. The van der Waals surface area contributed by atoms with Crippen molar-refractivity contribution in [1.29, 1.82) is 0 Å². The van der Waals surface area contributed by atoms with Crippen LogP contribution in [0, 0.1) is 0 Å². The van der Waals surface area contributed by atoms with E-state index in [2.05, 4.69) is 55.5 Å². The van der Waals surface area contributed by atoms with Gasteiger partial charge in [-0.05, 0) is 45.0 Å². The largest absolute Gasteiger partial charge is 0.0616 e. The van der Waals surface area contributed by atoms with E-state index < -0.39 is 0 Å². The van der Waals surface area contributed by atoms with Gasteiger partial charge in [0.25, 0.3) is 0 Å². The molecule has 1 aliphatic carbocycles. The van der Waals surface area contributed by atoms with E-state index in [0.717, 1.165) is 5.92 Å². The van der Waals surface area contributed by atoms with E-state index in [-0.39, 0.29) is 0 Å². The Morgan fingerprint density at radius 3 is 2.53 bits per heavy atom. The van der Waals surface area contributed by atoms with Crippen LogP contribution in [-0.4, -0.2) is 0 Å². The first-order valence-corrected chi connectivity index (χ1v) is 6.28.